The summed E-state index contributed by atoms with van der Waals surface area (Å²) in [6, 6.07) is 1.89. The van der Waals surface area contributed by atoms with E-state index in [4.69, 9.17) is 0 Å². The van der Waals surface area contributed by atoms with Crippen LogP contribution in [-0.2, 0) is 27.4 Å². The lowest BCUT2D eigenvalue weighted by Crippen LogP contribution is -2.49. The summed E-state index contributed by atoms with van der Waals surface area (Å²) in [4.78, 5) is 28.2. The smallest absolute Gasteiger partial charge is 0.392 e. The number of piperidine rings is 1. The molecule has 0 unspecified atom stereocenters. The zero-order chi connectivity index (χ0) is 28.4. The van der Waals surface area contributed by atoms with Crippen molar-refractivity contribution < 1.29 is 45.1 Å². The van der Waals surface area contributed by atoms with Gasteiger partial charge in [0.15, 0.2) is 9.84 Å². The molecule has 2 aromatic carbocycles. The van der Waals surface area contributed by atoms with Crippen LogP contribution in [0, 0.1) is 23.5 Å². The van der Waals surface area contributed by atoms with Crippen molar-refractivity contribution >= 4 is 21.7 Å². The lowest BCUT2D eigenvalue weighted by atomic mass is 9.98. The summed E-state index contributed by atoms with van der Waals surface area (Å²) < 4.78 is 92.3. The number of likely N-dealkylation sites (tertiary alicyclic amines) is 1. The van der Waals surface area contributed by atoms with Gasteiger partial charge in [0.25, 0.3) is 5.91 Å². The number of aliphatic hydroxyl groups is 1. The Kier molecular flexibility index (Phi) is 6.73. The summed E-state index contributed by atoms with van der Waals surface area (Å²) in [6.07, 6.45) is -2.12. The van der Waals surface area contributed by atoms with Crippen molar-refractivity contribution in [3.63, 3.8) is 0 Å². The standard InChI is InChI=1S/C26H25F5N2O5S/c1-39(37,38)15-5-4-13(11-34)16(8-15)25(36)33-21-6-14(21)7-22(33)24(35)32-23(12-2-3-12)17-9-20(28)18(10-19(17)27)26(29,30)31/h4-5,8-10,12,14,21-23,34H,2-3,6-7,11H2,1H3,(H,32,35)/t14-,21-,22-,23-/m1/s1. The molecule has 1 aliphatic heterocycles. The molecule has 2 N–H and O–H groups in total. The molecule has 7 nitrogen and oxygen atoms in total. The van der Waals surface area contributed by atoms with Crippen molar-refractivity contribution in [2.24, 2.45) is 11.8 Å². The molecule has 5 rings (SSSR count). The number of fused-ring (bicyclic) bond motifs is 1. The third-order valence-electron chi connectivity index (χ3n) is 7.67. The van der Waals surface area contributed by atoms with Crippen molar-refractivity contribution in [2.45, 2.75) is 61.5 Å². The fraction of sp³-hybridized carbons (Fsp3) is 0.462. The molecular formula is C26H25F5N2O5S. The highest BCUT2D eigenvalue weighted by atomic mass is 32.2. The quantitative estimate of drug-likeness (QED) is 0.492. The van der Waals surface area contributed by atoms with Gasteiger partial charge in [0, 0.05) is 23.4 Å². The van der Waals surface area contributed by atoms with Crippen LogP contribution in [0.1, 0.15) is 58.8 Å². The average Bonchev–Trinajstić information content (AvgIpc) is 3.79. The van der Waals surface area contributed by atoms with E-state index in [1.54, 1.807) is 0 Å². The summed E-state index contributed by atoms with van der Waals surface area (Å²) >= 11 is 0. The molecule has 0 radical (unpaired) electrons. The molecule has 2 saturated carbocycles. The second-order valence-corrected chi connectivity index (χ2v) is 12.5. The van der Waals surface area contributed by atoms with E-state index in [9.17, 15) is 45.1 Å². The van der Waals surface area contributed by atoms with Crippen molar-refractivity contribution in [3.8, 4) is 0 Å². The second-order valence-electron chi connectivity index (χ2n) is 10.5. The largest absolute Gasteiger partial charge is 0.419 e. The molecule has 0 bridgehead atoms. The first-order chi connectivity index (χ1) is 18.2. The lowest BCUT2D eigenvalue weighted by molar-refractivity contribution is -0.140. The summed E-state index contributed by atoms with van der Waals surface area (Å²) in [5.41, 5.74) is -2.04. The Morgan fingerprint density at radius 2 is 1.79 bits per heavy atom. The molecule has 2 aliphatic carbocycles. The van der Waals surface area contributed by atoms with E-state index in [1.807, 2.05) is 0 Å². The lowest BCUT2D eigenvalue weighted by Gasteiger charge is -2.30. The number of amides is 2. The first-order valence-electron chi connectivity index (χ1n) is 12.3. The van der Waals surface area contributed by atoms with Gasteiger partial charge in [-0.25, -0.2) is 17.2 Å². The minimum Gasteiger partial charge on any atom is -0.392 e. The molecular weight excluding hydrogens is 547 g/mol. The summed E-state index contributed by atoms with van der Waals surface area (Å²) in [5.74, 6) is -4.57. The number of carbonyl (C=O) groups is 2. The number of rotatable bonds is 7. The van der Waals surface area contributed by atoms with E-state index in [2.05, 4.69) is 5.32 Å². The molecule has 3 fully saturated rings. The van der Waals surface area contributed by atoms with Crippen molar-refractivity contribution in [1.29, 1.82) is 0 Å². The van der Waals surface area contributed by atoms with Gasteiger partial charge in [-0.1, -0.05) is 6.07 Å². The number of benzene rings is 2. The van der Waals surface area contributed by atoms with Crippen LogP contribution in [0.4, 0.5) is 22.0 Å². The molecule has 4 atom stereocenters. The van der Waals surface area contributed by atoms with Gasteiger partial charge in [0.1, 0.15) is 17.7 Å². The molecule has 39 heavy (non-hydrogen) atoms. The maximum atomic E-state index is 14.8. The number of sulfone groups is 1. The van der Waals surface area contributed by atoms with Crippen LogP contribution >= 0.6 is 0 Å². The van der Waals surface area contributed by atoms with Crippen LogP contribution in [0.25, 0.3) is 0 Å². The normalized spacial score (nSPS) is 23.4. The third-order valence-corrected chi connectivity index (χ3v) is 8.78. The van der Waals surface area contributed by atoms with Gasteiger partial charge >= 0.3 is 6.18 Å². The van der Waals surface area contributed by atoms with Crippen LogP contribution in [-0.4, -0.2) is 48.6 Å². The van der Waals surface area contributed by atoms with E-state index < -0.39 is 69.3 Å². The molecule has 2 aromatic rings. The van der Waals surface area contributed by atoms with Gasteiger partial charge in [0.05, 0.1) is 23.1 Å². The summed E-state index contributed by atoms with van der Waals surface area (Å²) in [7, 11) is -3.68. The highest BCUT2D eigenvalue weighted by Gasteiger charge is 2.56. The zero-order valence-electron chi connectivity index (χ0n) is 20.6. The van der Waals surface area contributed by atoms with Crippen molar-refractivity contribution in [2.75, 3.05) is 6.26 Å². The first-order valence-corrected chi connectivity index (χ1v) is 14.2. The molecule has 13 heteroatoms. The topological polar surface area (TPSA) is 104 Å². The molecule has 210 valence electrons. The molecule has 3 aliphatic rings. The zero-order valence-corrected chi connectivity index (χ0v) is 21.5. The van der Waals surface area contributed by atoms with Crippen LogP contribution in [0.5, 0.6) is 0 Å². The molecule has 1 heterocycles. The van der Waals surface area contributed by atoms with Gasteiger partial charge in [-0.05, 0) is 67.3 Å². The number of nitrogens with zero attached hydrogens (tertiary/aromatic N) is 1. The predicted molar refractivity (Wildman–Crippen MR) is 127 cm³/mol. The molecule has 0 spiro atoms. The minimum absolute atomic E-state index is 0.0139. The van der Waals surface area contributed by atoms with Crippen LogP contribution in [0.3, 0.4) is 0 Å². The average molecular weight is 573 g/mol. The number of alkyl halides is 3. The monoisotopic (exact) mass is 572 g/mol. The Hall–Kier alpha value is -3.06. The van der Waals surface area contributed by atoms with Crippen LogP contribution in [0.2, 0.25) is 0 Å². The van der Waals surface area contributed by atoms with Gasteiger partial charge in [0.2, 0.25) is 5.91 Å². The Balaban J connectivity index is 1.43. The number of hydrogen-bond acceptors (Lipinski definition) is 5. The Morgan fingerprint density at radius 3 is 2.38 bits per heavy atom. The number of halogens is 5. The highest BCUT2D eigenvalue weighted by Crippen LogP contribution is 2.49. The van der Waals surface area contributed by atoms with E-state index in [0.29, 0.717) is 25.3 Å². The number of nitrogens with one attached hydrogen (secondary N) is 1. The summed E-state index contributed by atoms with van der Waals surface area (Å²) in [6.45, 7) is -0.549. The fourth-order valence-corrected chi connectivity index (χ4v) is 6.04. The maximum absolute atomic E-state index is 14.8. The van der Waals surface area contributed by atoms with Gasteiger partial charge in [-0.15, -0.1) is 0 Å². The minimum atomic E-state index is -5.09. The maximum Gasteiger partial charge on any atom is 0.419 e. The Bertz CT molecular complexity index is 1460. The van der Waals surface area contributed by atoms with E-state index in [0.717, 1.165) is 12.3 Å². The summed E-state index contributed by atoms with van der Waals surface area (Å²) in [5, 5.41) is 12.4. The molecule has 1 saturated heterocycles. The Morgan fingerprint density at radius 1 is 1.10 bits per heavy atom. The molecule has 0 aromatic heterocycles. The van der Waals surface area contributed by atoms with Crippen LogP contribution in [0.15, 0.2) is 35.2 Å². The van der Waals surface area contributed by atoms with E-state index >= 15 is 0 Å². The second kappa shape index (κ2) is 9.54. The molecule has 2 amide bonds. The van der Waals surface area contributed by atoms with Gasteiger partial charge < -0.3 is 15.3 Å². The van der Waals surface area contributed by atoms with Gasteiger partial charge in [-0.2, -0.15) is 13.2 Å². The number of hydrogen-bond donors (Lipinski definition) is 2. The van der Waals surface area contributed by atoms with E-state index in [1.165, 1.54) is 17.0 Å². The number of aliphatic hydroxyl groups excluding tert-OH is 1. The SMILES string of the molecule is CS(=O)(=O)c1ccc(CO)c(C(=O)N2[C@@H](C(=O)N[C@@H](c3cc(F)c(C(F)(F)F)cc3F)C3CC3)C[C@H]3C[C@H]32)c1. The van der Waals surface area contributed by atoms with Crippen molar-refractivity contribution in [1.82, 2.24) is 10.2 Å². The predicted octanol–water partition coefficient (Wildman–Crippen LogP) is 3.75. The van der Waals surface area contributed by atoms with Crippen molar-refractivity contribution in [3.05, 3.63) is 64.2 Å². The first kappa shape index (κ1) is 27.5. The Labute approximate surface area is 220 Å². The fourth-order valence-electron chi connectivity index (χ4n) is 5.39. The number of carbonyl (C=O) groups excluding carboxylic acids is 2. The van der Waals surface area contributed by atoms with Crippen LogP contribution < -0.4 is 5.32 Å². The van der Waals surface area contributed by atoms with E-state index in [-0.39, 0.29) is 46.4 Å². The highest BCUT2D eigenvalue weighted by molar-refractivity contribution is 7.90. The van der Waals surface area contributed by atoms with Gasteiger partial charge in [-0.3, -0.25) is 9.59 Å². The third kappa shape index (κ3) is 5.25.